The third-order valence-corrected chi connectivity index (χ3v) is 4.32. The minimum Gasteiger partial charge on any atom is -0.625 e. The fourth-order valence-electron chi connectivity index (χ4n) is 1.88. The Morgan fingerprint density at radius 1 is 1.00 bits per heavy atom. The molecule has 3 rings (SSSR count). The van der Waals surface area contributed by atoms with E-state index in [4.69, 9.17) is 0 Å². The number of fused-ring (bicyclic) bond motifs is 2. The van der Waals surface area contributed by atoms with Gasteiger partial charge in [0.1, 0.15) is 26.6 Å². The molecule has 0 N–H and O–H groups in total. The molecule has 2 nitrogen and oxygen atoms in total. The van der Waals surface area contributed by atoms with Gasteiger partial charge in [-0.25, -0.2) is 4.98 Å². The second-order valence-electron chi connectivity index (χ2n) is 3.89. The van der Waals surface area contributed by atoms with Gasteiger partial charge < -0.3 is 4.89 Å². The molecule has 0 aliphatic rings. The molecule has 0 fully saturated rings. The summed E-state index contributed by atoms with van der Waals surface area (Å²) in [4.78, 5) is 16.8. The van der Waals surface area contributed by atoms with Crippen LogP contribution in [-0.4, -0.2) is 12.8 Å². The quantitative estimate of drug-likeness (QED) is 0.423. The van der Waals surface area contributed by atoms with Crippen molar-refractivity contribution in [1.29, 1.82) is 0 Å². The maximum absolute atomic E-state index is 12.3. The lowest BCUT2D eigenvalue weighted by Crippen LogP contribution is -2.01. The molecule has 0 saturated heterocycles. The van der Waals surface area contributed by atoms with Gasteiger partial charge in [-0.2, -0.15) is 0 Å². The number of para-hydroxylation sites is 1. The number of rotatable bonds is 0. The molecule has 3 aromatic rings. The molecule has 0 bridgehead atoms. The Morgan fingerprint density at radius 3 is 2.62 bits per heavy atom. The Hall–Kier alpha value is -1.44. The van der Waals surface area contributed by atoms with Gasteiger partial charge in [-0.1, -0.05) is 23.7 Å². The maximum Gasteiger partial charge on any atom is 0.171 e. The summed E-state index contributed by atoms with van der Waals surface area (Å²) in [5, 5.41) is 1.69. The van der Waals surface area contributed by atoms with Crippen molar-refractivity contribution in [2.24, 2.45) is 0 Å². The van der Waals surface area contributed by atoms with Gasteiger partial charge in [0.2, 0.25) is 0 Å². The monoisotopic (exact) mass is 225 g/mol. The van der Waals surface area contributed by atoms with Crippen LogP contribution in [0.2, 0.25) is 0 Å². The molecule has 0 radical (unpaired) electrons. The van der Waals surface area contributed by atoms with E-state index in [1.54, 1.807) is 0 Å². The molecule has 1 atom stereocenters. The lowest BCUT2D eigenvalue weighted by molar-refractivity contribution is -0.148. The van der Waals surface area contributed by atoms with Gasteiger partial charge in [-0.05, 0) is 24.3 Å². The van der Waals surface area contributed by atoms with Crippen LogP contribution in [-0.2, 0) is 0 Å². The second kappa shape index (κ2) is 3.55. The highest BCUT2D eigenvalue weighted by atomic mass is 31.1. The minimum absolute atomic E-state index is 0.835. The van der Waals surface area contributed by atoms with Crippen molar-refractivity contribution < 1.29 is 4.89 Å². The van der Waals surface area contributed by atoms with Crippen LogP contribution in [0.3, 0.4) is 0 Å². The normalized spacial score (nSPS) is 12.2. The van der Waals surface area contributed by atoms with Crippen molar-refractivity contribution in [3.05, 3.63) is 42.5 Å². The van der Waals surface area contributed by atoms with E-state index in [1.807, 2.05) is 50.3 Å². The van der Waals surface area contributed by atoms with Crippen LogP contribution in [0.25, 0.3) is 21.3 Å². The molecule has 1 heterocycles. The molecular formula is C12H9BNOP. The summed E-state index contributed by atoms with van der Waals surface area (Å²) in [6.07, 6.45) is 0. The zero-order chi connectivity index (χ0) is 11.1. The molecule has 1 aromatic heterocycles. The Morgan fingerprint density at radius 2 is 1.75 bits per heavy atom. The van der Waals surface area contributed by atoms with Crippen LogP contribution >= 0.6 is 7.76 Å². The number of benzene rings is 2. The number of nitrogens with zero attached hydrogens (tertiary/aromatic N) is 1. The third kappa shape index (κ3) is 1.41. The molecule has 4 heteroatoms. The summed E-state index contributed by atoms with van der Waals surface area (Å²) < 4.78 is 0. The predicted molar refractivity (Wildman–Crippen MR) is 69.9 cm³/mol. The van der Waals surface area contributed by atoms with Crippen LogP contribution < -0.4 is 10.4 Å². The standard InChI is InChI=1S/C12H9BNOP/c13-8-5-6-12-10(7-8)14-9-3-1-2-4-11(9)16(12)15/h1-7H,13H2. The predicted octanol–water partition coefficient (Wildman–Crippen LogP) is 1.04. The van der Waals surface area contributed by atoms with Crippen LogP contribution in [0.15, 0.2) is 42.5 Å². The highest BCUT2D eigenvalue weighted by Gasteiger charge is 2.11. The van der Waals surface area contributed by atoms with Crippen molar-refractivity contribution in [2.75, 3.05) is 0 Å². The van der Waals surface area contributed by atoms with Gasteiger partial charge in [-0.15, -0.1) is 0 Å². The molecular weight excluding hydrogens is 216 g/mol. The first-order valence-corrected chi connectivity index (χ1v) is 6.40. The number of aromatic nitrogens is 1. The van der Waals surface area contributed by atoms with Crippen molar-refractivity contribution in [3.8, 4) is 0 Å². The molecule has 0 amide bonds. The maximum atomic E-state index is 12.3. The van der Waals surface area contributed by atoms with Gasteiger partial charge in [0.15, 0.2) is 10.2 Å². The summed E-state index contributed by atoms with van der Waals surface area (Å²) in [6, 6.07) is 13.5. The van der Waals surface area contributed by atoms with E-state index in [2.05, 4.69) is 4.98 Å². The van der Waals surface area contributed by atoms with Gasteiger partial charge in [0.05, 0.1) is 0 Å². The smallest absolute Gasteiger partial charge is 0.171 e. The largest absolute Gasteiger partial charge is 0.625 e. The minimum atomic E-state index is -1.48. The van der Waals surface area contributed by atoms with E-state index < -0.39 is 7.76 Å². The molecule has 0 saturated carbocycles. The van der Waals surface area contributed by atoms with Gasteiger partial charge in [0, 0.05) is 0 Å². The Balaban J connectivity index is 2.55. The van der Waals surface area contributed by atoms with E-state index in [9.17, 15) is 4.89 Å². The molecule has 1 unspecified atom stereocenters. The molecule has 0 aliphatic carbocycles. The summed E-state index contributed by atoms with van der Waals surface area (Å²) in [7, 11) is 0.538. The molecule has 2 aromatic carbocycles. The average Bonchev–Trinajstić information content (AvgIpc) is 2.29. The first-order chi connectivity index (χ1) is 7.75. The zero-order valence-electron chi connectivity index (χ0n) is 8.84. The Bertz CT molecular complexity index is 699. The van der Waals surface area contributed by atoms with Crippen LogP contribution in [0.4, 0.5) is 0 Å². The highest BCUT2D eigenvalue weighted by molar-refractivity contribution is 7.53. The first kappa shape index (κ1) is 9.77. The summed E-state index contributed by atoms with van der Waals surface area (Å²) in [5.74, 6) is 0. The van der Waals surface area contributed by atoms with Crippen LogP contribution in [0, 0.1) is 0 Å². The van der Waals surface area contributed by atoms with E-state index in [-0.39, 0.29) is 0 Å². The van der Waals surface area contributed by atoms with Gasteiger partial charge in [0.25, 0.3) is 0 Å². The topological polar surface area (TPSA) is 36.0 Å². The summed E-state index contributed by atoms with van der Waals surface area (Å²) in [5.41, 5.74) is 2.83. The van der Waals surface area contributed by atoms with Crippen LogP contribution in [0.5, 0.6) is 0 Å². The highest BCUT2D eigenvalue weighted by Crippen LogP contribution is 2.36. The molecule has 16 heavy (non-hydrogen) atoms. The van der Waals surface area contributed by atoms with Crippen molar-refractivity contribution in [2.45, 2.75) is 0 Å². The fraction of sp³-hybridized carbons (Fsp3) is 0. The number of hydrogen-bond donors (Lipinski definition) is 0. The van der Waals surface area contributed by atoms with E-state index in [0.29, 0.717) is 0 Å². The lowest BCUT2D eigenvalue weighted by Gasteiger charge is -2.02. The van der Waals surface area contributed by atoms with Gasteiger partial charge >= 0.3 is 0 Å². The Kier molecular flexibility index (Phi) is 2.17. The van der Waals surface area contributed by atoms with Gasteiger partial charge in [-0.3, -0.25) is 0 Å². The van der Waals surface area contributed by atoms with Crippen molar-refractivity contribution >= 4 is 42.3 Å². The van der Waals surface area contributed by atoms with Crippen LogP contribution in [0.1, 0.15) is 0 Å². The van der Waals surface area contributed by atoms with E-state index in [1.165, 1.54) is 0 Å². The molecule has 0 spiro atoms. The van der Waals surface area contributed by atoms with Crippen molar-refractivity contribution in [3.63, 3.8) is 0 Å². The average molecular weight is 225 g/mol. The number of hydrogen-bond acceptors (Lipinski definition) is 2. The van der Waals surface area contributed by atoms with Crippen molar-refractivity contribution in [1.82, 2.24) is 4.98 Å². The zero-order valence-corrected chi connectivity index (χ0v) is 9.74. The molecule has 76 valence electrons. The van der Waals surface area contributed by atoms with E-state index in [0.717, 1.165) is 26.7 Å². The SMILES string of the molecule is Bc1ccc2c(c1)nc1ccccc1[p+]2[O-]. The lowest BCUT2D eigenvalue weighted by atomic mass is 9.96. The summed E-state index contributed by atoms with van der Waals surface area (Å²) >= 11 is 0. The summed E-state index contributed by atoms with van der Waals surface area (Å²) in [6.45, 7) is 0. The Labute approximate surface area is 95.1 Å². The van der Waals surface area contributed by atoms with E-state index >= 15 is 0 Å². The second-order valence-corrected chi connectivity index (χ2v) is 5.44. The molecule has 0 aliphatic heterocycles. The third-order valence-electron chi connectivity index (χ3n) is 2.69. The fourth-order valence-corrected chi connectivity index (χ4v) is 3.23. The first-order valence-electron chi connectivity index (χ1n) is 5.14.